The quantitative estimate of drug-likeness (QED) is 0.853. The van der Waals surface area contributed by atoms with Crippen LogP contribution in [0.25, 0.3) is 5.69 Å². The molecule has 1 aromatic carbocycles. The topological polar surface area (TPSA) is 54.2 Å². The Labute approximate surface area is 141 Å². The SMILES string of the molecule is CC(C)(O)CSc1nnc(N2CCCCC2)n1-c1ccccc1. The lowest BCUT2D eigenvalue weighted by molar-refractivity contribution is 0.107. The average Bonchev–Trinajstić information content (AvgIpc) is 2.98. The normalized spacial score (nSPS) is 15.9. The van der Waals surface area contributed by atoms with Gasteiger partial charge in [0.25, 0.3) is 0 Å². The molecule has 0 atom stereocenters. The minimum Gasteiger partial charge on any atom is -0.390 e. The lowest BCUT2D eigenvalue weighted by Crippen LogP contribution is -2.31. The smallest absolute Gasteiger partial charge is 0.232 e. The zero-order valence-corrected chi connectivity index (χ0v) is 14.6. The Bertz CT molecular complexity index is 630. The van der Waals surface area contributed by atoms with Gasteiger partial charge < -0.3 is 10.0 Å². The van der Waals surface area contributed by atoms with Crippen LogP contribution in [0.4, 0.5) is 5.95 Å². The summed E-state index contributed by atoms with van der Waals surface area (Å²) in [5.74, 6) is 1.49. The molecule has 0 saturated carbocycles. The third-order valence-corrected chi connectivity index (χ3v) is 5.20. The molecule has 23 heavy (non-hydrogen) atoms. The van der Waals surface area contributed by atoms with E-state index in [2.05, 4.69) is 31.8 Å². The van der Waals surface area contributed by atoms with Crippen LogP contribution in [0.5, 0.6) is 0 Å². The van der Waals surface area contributed by atoms with E-state index in [0.29, 0.717) is 5.75 Å². The number of benzene rings is 1. The predicted octanol–water partition coefficient (Wildman–Crippen LogP) is 3.12. The minimum atomic E-state index is -0.733. The van der Waals surface area contributed by atoms with Crippen LogP contribution >= 0.6 is 11.8 Å². The van der Waals surface area contributed by atoms with Gasteiger partial charge in [-0.25, -0.2) is 0 Å². The van der Waals surface area contributed by atoms with Gasteiger partial charge in [-0.05, 0) is 45.2 Å². The van der Waals surface area contributed by atoms with Crippen molar-refractivity contribution in [1.82, 2.24) is 14.8 Å². The molecule has 2 heterocycles. The highest BCUT2D eigenvalue weighted by molar-refractivity contribution is 7.99. The molecule has 6 heteroatoms. The number of nitrogens with zero attached hydrogens (tertiary/aromatic N) is 4. The molecule has 0 spiro atoms. The predicted molar refractivity (Wildman–Crippen MR) is 94.4 cm³/mol. The van der Waals surface area contributed by atoms with Crippen LogP contribution in [0.1, 0.15) is 33.1 Å². The van der Waals surface area contributed by atoms with Gasteiger partial charge in [0.15, 0.2) is 5.16 Å². The van der Waals surface area contributed by atoms with Gasteiger partial charge in [-0.3, -0.25) is 4.57 Å². The molecule has 2 aromatic rings. The fraction of sp³-hybridized carbons (Fsp3) is 0.529. The lowest BCUT2D eigenvalue weighted by Gasteiger charge is -2.28. The van der Waals surface area contributed by atoms with E-state index in [1.807, 2.05) is 32.0 Å². The zero-order chi connectivity index (χ0) is 16.3. The summed E-state index contributed by atoms with van der Waals surface area (Å²) in [6, 6.07) is 10.2. The maximum absolute atomic E-state index is 10.0. The molecule has 0 unspecified atom stereocenters. The van der Waals surface area contributed by atoms with Crippen LogP contribution < -0.4 is 4.90 Å². The van der Waals surface area contributed by atoms with Crippen molar-refractivity contribution in [3.05, 3.63) is 30.3 Å². The summed E-state index contributed by atoms with van der Waals surface area (Å²) in [5.41, 5.74) is 0.333. The molecule has 1 aliphatic heterocycles. The summed E-state index contributed by atoms with van der Waals surface area (Å²) >= 11 is 1.55. The maximum atomic E-state index is 10.0. The van der Waals surface area contributed by atoms with Gasteiger partial charge in [0, 0.05) is 18.8 Å². The third-order valence-electron chi connectivity index (χ3n) is 3.82. The largest absolute Gasteiger partial charge is 0.390 e. The van der Waals surface area contributed by atoms with Crippen molar-refractivity contribution in [3.8, 4) is 5.69 Å². The summed E-state index contributed by atoms with van der Waals surface area (Å²) in [6.45, 7) is 5.69. The van der Waals surface area contributed by atoms with E-state index in [9.17, 15) is 5.11 Å². The molecule has 1 N–H and O–H groups in total. The van der Waals surface area contributed by atoms with Crippen molar-refractivity contribution in [1.29, 1.82) is 0 Å². The number of para-hydroxylation sites is 1. The Hall–Kier alpha value is -1.53. The van der Waals surface area contributed by atoms with Crippen LogP contribution in [0.15, 0.2) is 35.5 Å². The number of aliphatic hydroxyl groups is 1. The second kappa shape index (κ2) is 6.93. The standard InChI is InChI=1S/C17H24N4OS/c1-17(2,22)13-23-16-19-18-15(20-11-7-4-8-12-20)21(16)14-9-5-3-6-10-14/h3,5-6,9-10,22H,4,7-8,11-13H2,1-2H3. The molecule has 0 bridgehead atoms. The van der Waals surface area contributed by atoms with Gasteiger partial charge in [-0.15, -0.1) is 10.2 Å². The van der Waals surface area contributed by atoms with E-state index < -0.39 is 5.60 Å². The van der Waals surface area contributed by atoms with Crippen molar-refractivity contribution in [2.45, 2.75) is 43.9 Å². The summed E-state index contributed by atoms with van der Waals surface area (Å²) in [5, 5.41) is 19.7. The lowest BCUT2D eigenvalue weighted by atomic mass is 10.1. The van der Waals surface area contributed by atoms with Crippen LogP contribution in [0, 0.1) is 0 Å². The van der Waals surface area contributed by atoms with E-state index in [0.717, 1.165) is 29.9 Å². The second-order valence-corrected chi connectivity index (χ2v) is 7.54. The number of rotatable bonds is 5. The highest BCUT2D eigenvalue weighted by atomic mass is 32.2. The summed E-state index contributed by atoms with van der Waals surface area (Å²) < 4.78 is 2.11. The fourth-order valence-electron chi connectivity index (χ4n) is 2.70. The molecule has 124 valence electrons. The minimum absolute atomic E-state index is 0.581. The Morgan fingerprint density at radius 3 is 2.43 bits per heavy atom. The van der Waals surface area contributed by atoms with E-state index in [4.69, 9.17) is 0 Å². The number of anilines is 1. The number of hydrogen-bond donors (Lipinski definition) is 1. The Kier molecular flexibility index (Phi) is 4.92. The molecule has 0 radical (unpaired) electrons. The molecule has 1 aliphatic rings. The van der Waals surface area contributed by atoms with Crippen molar-refractivity contribution in [3.63, 3.8) is 0 Å². The Balaban J connectivity index is 1.94. The number of aromatic nitrogens is 3. The molecule has 1 saturated heterocycles. The molecule has 3 rings (SSSR count). The van der Waals surface area contributed by atoms with Crippen molar-refractivity contribution >= 4 is 17.7 Å². The van der Waals surface area contributed by atoms with Crippen molar-refractivity contribution < 1.29 is 5.11 Å². The van der Waals surface area contributed by atoms with Crippen molar-refractivity contribution in [2.24, 2.45) is 0 Å². The van der Waals surface area contributed by atoms with Crippen LogP contribution in [-0.2, 0) is 0 Å². The number of piperidine rings is 1. The van der Waals surface area contributed by atoms with Gasteiger partial charge in [0.1, 0.15) is 0 Å². The van der Waals surface area contributed by atoms with E-state index >= 15 is 0 Å². The summed E-state index contributed by atoms with van der Waals surface area (Å²) in [6.07, 6.45) is 3.69. The average molecular weight is 332 g/mol. The van der Waals surface area contributed by atoms with Crippen molar-refractivity contribution in [2.75, 3.05) is 23.7 Å². The van der Waals surface area contributed by atoms with E-state index in [1.54, 1.807) is 11.8 Å². The number of thioether (sulfide) groups is 1. The highest BCUT2D eigenvalue weighted by Gasteiger charge is 2.23. The fourth-order valence-corrected chi connectivity index (χ4v) is 3.60. The van der Waals surface area contributed by atoms with Crippen LogP contribution in [0.2, 0.25) is 0 Å². The first kappa shape index (κ1) is 16.3. The first-order valence-corrected chi connectivity index (χ1v) is 9.14. The van der Waals surface area contributed by atoms with E-state index in [-0.39, 0.29) is 0 Å². The summed E-state index contributed by atoms with van der Waals surface area (Å²) in [7, 11) is 0. The maximum Gasteiger partial charge on any atom is 0.232 e. The second-order valence-electron chi connectivity index (χ2n) is 6.60. The van der Waals surface area contributed by atoms with E-state index in [1.165, 1.54) is 19.3 Å². The van der Waals surface area contributed by atoms with Gasteiger partial charge in [-0.1, -0.05) is 30.0 Å². The first-order valence-electron chi connectivity index (χ1n) is 8.15. The molecule has 0 amide bonds. The molecule has 0 aliphatic carbocycles. The van der Waals surface area contributed by atoms with Gasteiger partial charge >= 0.3 is 0 Å². The Morgan fingerprint density at radius 2 is 1.78 bits per heavy atom. The van der Waals surface area contributed by atoms with Crippen LogP contribution in [0.3, 0.4) is 0 Å². The molecular weight excluding hydrogens is 308 g/mol. The highest BCUT2D eigenvalue weighted by Crippen LogP contribution is 2.29. The monoisotopic (exact) mass is 332 g/mol. The molecule has 1 aromatic heterocycles. The molecule has 1 fully saturated rings. The first-order chi connectivity index (χ1) is 11.0. The zero-order valence-electron chi connectivity index (χ0n) is 13.8. The number of hydrogen-bond acceptors (Lipinski definition) is 5. The third kappa shape index (κ3) is 4.06. The molecular formula is C17H24N4OS. The Morgan fingerprint density at radius 1 is 1.09 bits per heavy atom. The van der Waals surface area contributed by atoms with Gasteiger partial charge in [0.05, 0.1) is 11.3 Å². The van der Waals surface area contributed by atoms with Crippen LogP contribution in [-0.4, -0.2) is 44.3 Å². The molecule has 5 nitrogen and oxygen atoms in total. The van der Waals surface area contributed by atoms with Gasteiger partial charge in [-0.2, -0.15) is 0 Å². The van der Waals surface area contributed by atoms with Gasteiger partial charge in [0.2, 0.25) is 5.95 Å². The summed E-state index contributed by atoms with van der Waals surface area (Å²) in [4.78, 5) is 2.32.